The molecule has 30 heavy (non-hydrogen) atoms. The van der Waals surface area contributed by atoms with E-state index in [2.05, 4.69) is 10.2 Å². The van der Waals surface area contributed by atoms with Gasteiger partial charge in [0, 0.05) is 11.1 Å². The van der Waals surface area contributed by atoms with Crippen LogP contribution in [0.1, 0.15) is 48.7 Å². The second kappa shape index (κ2) is 7.70. The van der Waals surface area contributed by atoms with Crippen LogP contribution in [0.15, 0.2) is 42.5 Å². The first kappa shape index (κ1) is 20.3. The van der Waals surface area contributed by atoms with Gasteiger partial charge in [-0.15, -0.1) is 0 Å². The van der Waals surface area contributed by atoms with Gasteiger partial charge in [0.25, 0.3) is 11.6 Å². The van der Waals surface area contributed by atoms with E-state index in [-0.39, 0.29) is 17.4 Å². The SMILES string of the molecule is CC1(C)Oc2cc([N+](=O)[O-])c(NC(=O)c3ccccc3)cc2[C@H](N2CCCC2)[C@H]1O. The van der Waals surface area contributed by atoms with Gasteiger partial charge in [-0.3, -0.25) is 19.8 Å². The Hall–Kier alpha value is -2.97. The molecule has 0 bridgehead atoms. The lowest BCUT2D eigenvalue weighted by atomic mass is 9.85. The fraction of sp³-hybridized carbons (Fsp3) is 0.409. The Morgan fingerprint density at radius 3 is 2.53 bits per heavy atom. The van der Waals surface area contributed by atoms with Gasteiger partial charge in [0.05, 0.1) is 17.0 Å². The van der Waals surface area contributed by atoms with E-state index < -0.39 is 22.5 Å². The van der Waals surface area contributed by atoms with E-state index in [0.717, 1.165) is 25.9 Å². The maximum Gasteiger partial charge on any atom is 0.296 e. The molecule has 2 aromatic carbocycles. The number of amides is 1. The smallest absolute Gasteiger partial charge is 0.296 e. The molecule has 158 valence electrons. The van der Waals surface area contributed by atoms with E-state index in [1.807, 2.05) is 0 Å². The summed E-state index contributed by atoms with van der Waals surface area (Å²) in [6.45, 7) is 5.22. The second-order valence-electron chi connectivity index (χ2n) is 8.32. The number of carbonyl (C=O) groups is 1. The largest absolute Gasteiger partial charge is 0.484 e. The first-order valence-corrected chi connectivity index (χ1v) is 10.1. The number of nitrogens with one attached hydrogen (secondary N) is 1. The molecule has 1 fully saturated rings. The number of likely N-dealkylation sites (tertiary alicyclic amines) is 1. The second-order valence-corrected chi connectivity index (χ2v) is 8.32. The van der Waals surface area contributed by atoms with Gasteiger partial charge in [-0.1, -0.05) is 18.2 Å². The van der Waals surface area contributed by atoms with E-state index in [0.29, 0.717) is 16.9 Å². The van der Waals surface area contributed by atoms with Crippen LogP contribution in [0.3, 0.4) is 0 Å². The van der Waals surface area contributed by atoms with Gasteiger partial charge in [-0.2, -0.15) is 0 Å². The van der Waals surface area contributed by atoms with Gasteiger partial charge in [0.2, 0.25) is 0 Å². The molecule has 2 heterocycles. The van der Waals surface area contributed by atoms with Crippen LogP contribution in [-0.4, -0.2) is 45.6 Å². The van der Waals surface area contributed by atoms with E-state index in [1.54, 1.807) is 50.2 Å². The molecule has 2 atom stereocenters. The number of aliphatic hydroxyl groups excluding tert-OH is 1. The van der Waals surface area contributed by atoms with E-state index in [1.165, 1.54) is 6.07 Å². The number of benzene rings is 2. The molecule has 2 aliphatic rings. The van der Waals surface area contributed by atoms with Gasteiger partial charge in [0.1, 0.15) is 23.1 Å². The summed E-state index contributed by atoms with van der Waals surface area (Å²) >= 11 is 0. The van der Waals surface area contributed by atoms with Crippen molar-refractivity contribution in [3.05, 3.63) is 63.7 Å². The molecular weight excluding hydrogens is 386 g/mol. The van der Waals surface area contributed by atoms with Crippen molar-refractivity contribution in [3.8, 4) is 5.75 Å². The molecule has 2 N–H and O–H groups in total. The van der Waals surface area contributed by atoms with Gasteiger partial charge >= 0.3 is 0 Å². The number of nitro groups is 1. The van der Waals surface area contributed by atoms with E-state index in [4.69, 9.17) is 4.74 Å². The lowest BCUT2D eigenvalue weighted by Crippen LogP contribution is -2.53. The number of rotatable bonds is 4. The lowest BCUT2D eigenvalue weighted by Gasteiger charge is -2.45. The predicted octanol–water partition coefficient (Wildman–Crippen LogP) is 3.52. The molecule has 0 aromatic heterocycles. The molecule has 2 aromatic rings. The first-order chi connectivity index (χ1) is 14.3. The minimum Gasteiger partial charge on any atom is -0.484 e. The maximum atomic E-state index is 12.6. The Bertz CT molecular complexity index is 970. The van der Waals surface area contributed by atoms with E-state index >= 15 is 0 Å². The van der Waals surface area contributed by atoms with Crippen molar-refractivity contribution in [1.29, 1.82) is 0 Å². The molecule has 1 amide bonds. The van der Waals surface area contributed by atoms with Crippen LogP contribution in [0, 0.1) is 10.1 Å². The number of nitrogens with zero attached hydrogens (tertiary/aromatic N) is 2. The van der Waals surface area contributed by atoms with Gasteiger partial charge < -0.3 is 15.2 Å². The van der Waals surface area contributed by atoms with Crippen molar-refractivity contribution in [1.82, 2.24) is 4.90 Å². The van der Waals surface area contributed by atoms with Gasteiger partial charge in [-0.05, 0) is 58.0 Å². The maximum absolute atomic E-state index is 12.6. The standard InChI is InChI=1S/C22H25N3O5/c1-22(2)20(26)19(24-10-6-7-11-24)15-12-16(17(25(28)29)13-18(15)30-22)23-21(27)14-8-4-3-5-9-14/h3-5,8-9,12-13,19-20,26H,6-7,10-11H2,1-2H3,(H,23,27)/t19-,20+/m0/s1. The molecule has 0 unspecified atom stereocenters. The molecule has 4 rings (SSSR count). The third-order valence-corrected chi connectivity index (χ3v) is 5.85. The number of aliphatic hydroxyl groups is 1. The molecule has 1 saturated heterocycles. The number of hydrogen-bond donors (Lipinski definition) is 2. The predicted molar refractivity (Wildman–Crippen MR) is 112 cm³/mol. The number of anilines is 1. The summed E-state index contributed by atoms with van der Waals surface area (Å²) in [5.74, 6) is -0.0689. The Labute approximate surface area is 174 Å². The molecule has 0 saturated carbocycles. The van der Waals surface area contributed by atoms with Crippen LogP contribution >= 0.6 is 0 Å². The van der Waals surface area contributed by atoms with Crippen LogP contribution in [-0.2, 0) is 0 Å². The Kier molecular flexibility index (Phi) is 5.21. The number of nitro benzene ring substituents is 1. The van der Waals surface area contributed by atoms with Crippen LogP contribution in [0.5, 0.6) is 5.75 Å². The zero-order valence-electron chi connectivity index (χ0n) is 17.0. The first-order valence-electron chi connectivity index (χ1n) is 10.1. The number of carbonyl (C=O) groups excluding carboxylic acids is 1. The normalized spacial score (nSPS) is 22.8. The fourth-order valence-corrected chi connectivity index (χ4v) is 4.25. The molecule has 0 spiro atoms. The average Bonchev–Trinajstić information content (AvgIpc) is 3.23. The highest BCUT2D eigenvalue weighted by molar-refractivity contribution is 6.05. The summed E-state index contributed by atoms with van der Waals surface area (Å²) in [6.07, 6.45) is 1.25. The van der Waals surface area contributed by atoms with Crippen molar-refractivity contribution < 1.29 is 19.6 Å². The molecule has 0 radical (unpaired) electrons. The summed E-state index contributed by atoms with van der Waals surface area (Å²) in [6, 6.07) is 11.1. The Morgan fingerprint density at radius 1 is 1.23 bits per heavy atom. The highest BCUT2D eigenvalue weighted by Crippen LogP contribution is 2.47. The molecular formula is C22H25N3O5. The van der Waals surface area contributed by atoms with Gasteiger partial charge in [-0.25, -0.2) is 0 Å². The van der Waals surface area contributed by atoms with Crippen molar-refractivity contribution in [3.63, 3.8) is 0 Å². The van der Waals surface area contributed by atoms with Crippen LogP contribution in [0.4, 0.5) is 11.4 Å². The zero-order valence-corrected chi connectivity index (χ0v) is 17.0. The Balaban J connectivity index is 1.78. The zero-order chi connectivity index (χ0) is 21.5. The third-order valence-electron chi connectivity index (χ3n) is 5.85. The molecule has 0 aliphatic carbocycles. The lowest BCUT2D eigenvalue weighted by molar-refractivity contribution is -0.384. The number of fused-ring (bicyclic) bond motifs is 1. The minimum atomic E-state index is -0.900. The minimum absolute atomic E-state index is 0.0901. The number of ether oxygens (including phenoxy) is 1. The summed E-state index contributed by atoms with van der Waals surface area (Å²) in [5.41, 5.74) is -0.00319. The van der Waals surface area contributed by atoms with Crippen LogP contribution < -0.4 is 10.1 Å². The monoisotopic (exact) mass is 411 g/mol. The van der Waals surface area contributed by atoms with Crippen molar-refractivity contribution in [2.24, 2.45) is 0 Å². The van der Waals surface area contributed by atoms with Crippen LogP contribution in [0.25, 0.3) is 0 Å². The summed E-state index contributed by atoms with van der Waals surface area (Å²) in [4.78, 5) is 26.0. The summed E-state index contributed by atoms with van der Waals surface area (Å²) in [7, 11) is 0. The summed E-state index contributed by atoms with van der Waals surface area (Å²) < 4.78 is 5.96. The van der Waals surface area contributed by atoms with E-state index in [9.17, 15) is 20.0 Å². The highest BCUT2D eigenvalue weighted by atomic mass is 16.6. The van der Waals surface area contributed by atoms with Crippen molar-refractivity contribution >= 4 is 17.3 Å². The Morgan fingerprint density at radius 2 is 1.90 bits per heavy atom. The third kappa shape index (κ3) is 3.64. The quantitative estimate of drug-likeness (QED) is 0.589. The molecule has 8 heteroatoms. The van der Waals surface area contributed by atoms with Crippen molar-refractivity contribution in [2.45, 2.75) is 44.4 Å². The average molecular weight is 411 g/mol. The highest BCUT2D eigenvalue weighted by Gasteiger charge is 2.46. The molecule has 8 nitrogen and oxygen atoms in total. The van der Waals surface area contributed by atoms with Crippen LogP contribution in [0.2, 0.25) is 0 Å². The summed E-state index contributed by atoms with van der Waals surface area (Å²) in [5, 5.41) is 25.4. The fourth-order valence-electron chi connectivity index (χ4n) is 4.25. The topological polar surface area (TPSA) is 105 Å². The van der Waals surface area contributed by atoms with Gasteiger partial charge in [0.15, 0.2) is 0 Å². The van der Waals surface area contributed by atoms with Crippen molar-refractivity contribution in [2.75, 3.05) is 18.4 Å². The molecule has 2 aliphatic heterocycles. The number of hydrogen-bond acceptors (Lipinski definition) is 6.